The van der Waals surface area contributed by atoms with Gasteiger partial charge in [-0.2, -0.15) is 0 Å². The largest absolute Gasteiger partial charge is 0.378 e. The minimum atomic E-state index is -0.338. The topological polar surface area (TPSA) is 98.3 Å². The zero-order valence-electron chi connectivity index (χ0n) is 17.4. The van der Waals surface area contributed by atoms with E-state index in [1.807, 2.05) is 31.2 Å². The molecule has 2 aliphatic rings. The summed E-state index contributed by atoms with van der Waals surface area (Å²) in [6.45, 7) is 5.14. The Balaban J connectivity index is 1.33. The Morgan fingerprint density at radius 1 is 1.17 bits per heavy atom. The highest BCUT2D eigenvalue weighted by Crippen LogP contribution is 2.33. The minimum Gasteiger partial charge on any atom is -0.378 e. The Morgan fingerprint density at radius 3 is 2.57 bits per heavy atom. The van der Waals surface area contributed by atoms with Crippen molar-refractivity contribution in [2.24, 2.45) is 0 Å². The van der Waals surface area contributed by atoms with E-state index in [1.54, 1.807) is 4.68 Å². The summed E-state index contributed by atoms with van der Waals surface area (Å²) in [4.78, 5) is 14.9. The van der Waals surface area contributed by atoms with Gasteiger partial charge in [-0.3, -0.25) is 4.79 Å². The van der Waals surface area contributed by atoms with Crippen LogP contribution in [0.2, 0.25) is 0 Å². The highest BCUT2D eigenvalue weighted by atomic mass is 32.2. The lowest BCUT2D eigenvalue weighted by atomic mass is 9.89. The van der Waals surface area contributed by atoms with Crippen molar-refractivity contribution in [3.05, 3.63) is 30.1 Å². The molecule has 1 aromatic heterocycles. The molecule has 1 atom stereocenters. The molecule has 0 bridgehead atoms. The minimum absolute atomic E-state index is 0.0821. The summed E-state index contributed by atoms with van der Waals surface area (Å²) < 4.78 is 6.97. The van der Waals surface area contributed by atoms with Gasteiger partial charge in [-0.1, -0.05) is 31.0 Å². The van der Waals surface area contributed by atoms with E-state index < -0.39 is 0 Å². The van der Waals surface area contributed by atoms with E-state index in [9.17, 15) is 4.79 Å². The van der Waals surface area contributed by atoms with Crippen molar-refractivity contribution in [3.8, 4) is 0 Å². The molecule has 0 radical (unpaired) electrons. The maximum absolute atomic E-state index is 12.7. The fourth-order valence-corrected chi connectivity index (χ4v) is 4.82. The van der Waals surface area contributed by atoms with Crippen LogP contribution in [-0.2, 0) is 9.53 Å². The number of carbonyl (C=O) groups excluding carboxylic acids is 1. The molecule has 1 saturated heterocycles. The monoisotopic (exact) mass is 430 g/mol. The van der Waals surface area contributed by atoms with Crippen molar-refractivity contribution in [2.75, 3.05) is 42.4 Å². The second-order valence-electron chi connectivity index (χ2n) is 7.94. The summed E-state index contributed by atoms with van der Waals surface area (Å²) in [7, 11) is 0. The van der Waals surface area contributed by atoms with Gasteiger partial charge in [-0.15, -0.1) is 10.2 Å². The normalized spacial score (nSPS) is 18.9. The van der Waals surface area contributed by atoms with Crippen molar-refractivity contribution in [1.29, 1.82) is 0 Å². The van der Waals surface area contributed by atoms with Crippen LogP contribution in [0.4, 0.5) is 11.4 Å². The Kier molecular flexibility index (Phi) is 6.79. The van der Waals surface area contributed by atoms with Gasteiger partial charge in [0.05, 0.1) is 18.5 Å². The molecular weight excluding hydrogens is 400 g/mol. The molecule has 0 unspecified atom stereocenters. The van der Waals surface area contributed by atoms with Crippen molar-refractivity contribution in [3.63, 3.8) is 0 Å². The molecule has 0 spiro atoms. The van der Waals surface area contributed by atoms with Gasteiger partial charge in [0, 0.05) is 30.4 Å². The zero-order valence-corrected chi connectivity index (χ0v) is 18.2. The Labute approximate surface area is 181 Å². The number of thioether (sulfide) groups is 1. The van der Waals surface area contributed by atoms with Crippen molar-refractivity contribution < 1.29 is 9.53 Å². The van der Waals surface area contributed by atoms with Gasteiger partial charge >= 0.3 is 0 Å². The molecule has 1 aliphatic heterocycles. The predicted molar refractivity (Wildman–Crippen MR) is 119 cm³/mol. The van der Waals surface area contributed by atoms with E-state index in [1.165, 1.54) is 31.0 Å². The smallest absolute Gasteiger partial charge is 0.237 e. The maximum atomic E-state index is 12.7. The number of hydrogen-bond acceptors (Lipinski definition) is 7. The standard InChI is InChI=1S/C21H30N6O2S/c1-15(30-21-25-24-19(27(21)22)16-5-3-2-4-6-16)20(28)23-17-7-9-18(10-8-17)26-11-13-29-14-12-26/h7-10,15-16H,2-6,11-14,22H2,1H3,(H,23,28)/t15-/m0/s1. The summed E-state index contributed by atoms with van der Waals surface area (Å²) in [5.74, 6) is 7.38. The second-order valence-corrected chi connectivity index (χ2v) is 9.25. The first-order valence-electron chi connectivity index (χ1n) is 10.7. The number of amides is 1. The van der Waals surface area contributed by atoms with Crippen LogP contribution in [-0.4, -0.2) is 52.3 Å². The van der Waals surface area contributed by atoms with Gasteiger partial charge in [0.2, 0.25) is 11.1 Å². The number of rotatable bonds is 6. The third kappa shape index (κ3) is 4.89. The van der Waals surface area contributed by atoms with E-state index in [4.69, 9.17) is 10.6 Å². The highest BCUT2D eigenvalue weighted by molar-refractivity contribution is 8.00. The second kappa shape index (κ2) is 9.70. The molecule has 162 valence electrons. The van der Waals surface area contributed by atoms with Gasteiger partial charge < -0.3 is 20.8 Å². The number of aromatic nitrogens is 3. The fraction of sp³-hybridized carbons (Fsp3) is 0.571. The summed E-state index contributed by atoms with van der Waals surface area (Å²) in [6.07, 6.45) is 5.92. The number of nitrogens with two attached hydrogens (primary N) is 1. The van der Waals surface area contributed by atoms with E-state index in [0.29, 0.717) is 11.1 Å². The van der Waals surface area contributed by atoms with Gasteiger partial charge in [0.25, 0.3) is 0 Å². The first-order valence-corrected chi connectivity index (χ1v) is 11.6. The lowest BCUT2D eigenvalue weighted by molar-refractivity contribution is -0.115. The third-order valence-corrected chi connectivity index (χ3v) is 6.88. The number of carbonyl (C=O) groups is 1. The predicted octanol–water partition coefficient (Wildman–Crippen LogP) is 3.00. The summed E-state index contributed by atoms with van der Waals surface area (Å²) in [6, 6.07) is 7.94. The number of hydrogen-bond donors (Lipinski definition) is 2. The van der Waals surface area contributed by atoms with Crippen LogP contribution in [0.3, 0.4) is 0 Å². The molecular formula is C21H30N6O2S. The number of benzene rings is 1. The van der Waals surface area contributed by atoms with Crippen LogP contribution in [0.25, 0.3) is 0 Å². The van der Waals surface area contributed by atoms with Gasteiger partial charge in [0.1, 0.15) is 0 Å². The van der Waals surface area contributed by atoms with Crippen LogP contribution < -0.4 is 16.1 Å². The molecule has 9 heteroatoms. The van der Waals surface area contributed by atoms with Crippen LogP contribution in [0.5, 0.6) is 0 Å². The molecule has 1 amide bonds. The van der Waals surface area contributed by atoms with E-state index >= 15 is 0 Å². The van der Waals surface area contributed by atoms with Crippen molar-refractivity contribution in [1.82, 2.24) is 14.9 Å². The average Bonchev–Trinajstić information content (AvgIpc) is 3.15. The maximum Gasteiger partial charge on any atom is 0.237 e. The van der Waals surface area contributed by atoms with Crippen LogP contribution in [0, 0.1) is 0 Å². The number of nitrogens with zero attached hydrogens (tertiary/aromatic N) is 4. The van der Waals surface area contributed by atoms with Crippen molar-refractivity contribution >= 4 is 29.0 Å². The van der Waals surface area contributed by atoms with Crippen LogP contribution >= 0.6 is 11.8 Å². The number of nitrogen functional groups attached to an aromatic ring is 1. The molecule has 1 aliphatic carbocycles. The number of ether oxygens (including phenoxy) is 1. The van der Waals surface area contributed by atoms with Crippen molar-refractivity contribution in [2.45, 2.75) is 55.4 Å². The summed E-state index contributed by atoms with van der Waals surface area (Å²) in [5, 5.41) is 11.8. The van der Waals surface area contributed by atoms with Gasteiger partial charge in [-0.25, -0.2) is 4.68 Å². The Bertz CT molecular complexity index is 844. The van der Waals surface area contributed by atoms with E-state index in [-0.39, 0.29) is 11.2 Å². The average molecular weight is 431 g/mol. The SMILES string of the molecule is C[C@H](Sc1nnc(C2CCCCC2)n1N)C(=O)Nc1ccc(N2CCOCC2)cc1. The lowest BCUT2D eigenvalue weighted by Gasteiger charge is -2.28. The van der Waals surface area contributed by atoms with Crippen LogP contribution in [0.15, 0.2) is 29.4 Å². The molecule has 8 nitrogen and oxygen atoms in total. The third-order valence-electron chi connectivity index (χ3n) is 5.82. The van der Waals surface area contributed by atoms with Gasteiger partial charge in [0.15, 0.2) is 5.82 Å². The Hall–Kier alpha value is -2.26. The van der Waals surface area contributed by atoms with E-state index in [2.05, 4.69) is 20.4 Å². The van der Waals surface area contributed by atoms with Crippen LogP contribution in [0.1, 0.15) is 50.8 Å². The fourth-order valence-electron chi connectivity index (χ4n) is 4.04. The summed E-state index contributed by atoms with van der Waals surface area (Å²) in [5.41, 5.74) is 1.92. The number of anilines is 2. The summed E-state index contributed by atoms with van der Waals surface area (Å²) >= 11 is 1.34. The quantitative estimate of drug-likeness (QED) is 0.537. The lowest BCUT2D eigenvalue weighted by Crippen LogP contribution is -2.36. The Morgan fingerprint density at radius 2 is 1.87 bits per heavy atom. The molecule has 2 heterocycles. The molecule has 2 aromatic rings. The molecule has 3 N–H and O–H groups in total. The zero-order chi connectivity index (χ0) is 20.9. The first kappa shape index (κ1) is 21.0. The molecule has 30 heavy (non-hydrogen) atoms. The molecule has 4 rings (SSSR count). The molecule has 2 fully saturated rings. The number of morpholine rings is 1. The molecule has 1 saturated carbocycles. The van der Waals surface area contributed by atoms with Gasteiger partial charge in [-0.05, 0) is 44.0 Å². The molecule has 1 aromatic carbocycles. The number of nitrogens with one attached hydrogen (secondary N) is 1. The van der Waals surface area contributed by atoms with E-state index in [0.717, 1.165) is 56.3 Å². The first-order chi connectivity index (χ1) is 14.6. The highest BCUT2D eigenvalue weighted by Gasteiger charge is 2.25.